The number of nitriles is 1. The number of sulfonamides is 1. The van der Waals surface area contributed by atoms with Crippen LogP contribution in [0.5, 0.6) is 0 Å². The summed E-state index contributed by atoms with van der Waals surface area (Å²) in [4.78, 5) is 13.6. The Balaban J connectivity index is 1.89. The van der Waals surface area contributed by atoms with E-state index in [4.69, 9.17) is 5.26 Å². The molecule has 3 rings (SSSR count). The summed E-state index contributed by atoms with van der Waals surface area (Å²) in [5.74, 6) is -1.21. The SMILES string of the molecule is CSc1ccc(S(=O)(=O)N(CC(=O)Nc2ccc(CC#N)cc2)c2cccc(F)c2)cc1. The smallest absolute Gasteiger partial charge is 0.264 e. The standard InChI is InChI=1S/C23H20FN3O3S2/c1-31-21-9-11-22(12-10-21)32(29,30)27(20-4-2-3-18(24)15-20)16-23(28)26-19-7-5-17(6-8-19)13-14-25/h2-12,15H,13,16H2,1H3,(H,26,28). The van der Waals surface area contributed by atoms with Gasteiger partial charge in [0.1, 0.15) is 12.4 Å². The van der Waals surface area contributed by atoms with E-state index >= 15 is 0 Å². The number of carbonyl (C=O) groups is 1. The number of halogens is 1. The normalized spacial score (nSPS) is 10.9. The minimum atomic E-state index is -4.14. The molecule has 32 heavy (non-hydrogen) atoms. The molecule has 1 amide bonds. The number of benzene rings is 3. The fraction of sp³-hybridized carbons (Fsp3) is 0.130. The lowest BCUT2D eigenvalue weighted by atomic mass is 10.1. The van der Waals surface area contributed by atoms with E-state index in [-0.39, 0.29) is 17.0 Å². The molecule has 0 spiro atoms. The second kappa shape index (κ2) is 10.3. The van der Waals surface area contributed by atoms with Crippen molar-refractivity contribution in [3.05, 3.63) is 84.2 Å². The van der Waals surface area contributed by atoms with Crippen LogP contribution >= 0.6 is 11.8 Å². The van der Waals surface area contributed by atoms with Crippen LogP contribution in [0.1, 0.15) is 5.56 Å². The molecular weight excluding hydrogens is 449 g/mol. The van der Waals surface area contributed by atoms with Gasteiger partial charge in [0, 0.05) is 10.6 Å². The third-order valence-electron chi connectivity index (χ3n) is 4.55. The van der Waals surface area contributed by atoms with Gasteiger partial charge in [0.2, 0.25) is 5.91 Å². The molecule has 0 bridgehead atoms. The molecule has 0 fully saturated rings. The molecule has 0 unspecified atom stereocenters. The van der Waals surface area contributed by atoms with Crippen molar-refractivity contribution in [2.24, 2.45) is 0 Å². The predicted molar refractivity (Wildman–Crippen MR) is 124 cm³/mol. The largest absolute Gasteiger partial charge is 0.325 e. The zero-order valence-corrected chi connectivity index (χ0v) is 18.8. The topological polar surface area (TPSA) is 90.3 Å². The first-order valence-electron chi connectivity index (χ1n) is 9.51. The highest BCUT2D eigenvalue weighted by Crippen LogP contribution is 2.26. The molecule has 0 aliphatic heterocycles. The molecule has 0 radical (unpaired) electrons. The van der Waals surface area contributed by atoms with Gasteiger partial charge >= 0.3 is 0 Å². The summed E-state index contributed by atoms with van der Waals surface area (Å²) in [6.07, 6.45) is 2.12. The van der Waals surface area contributed by atoms with Gasteiger partial charge in [-0.1, -0.05) is 18.2 Å². The van der Waals surface area contributed by atoms with Crippen LogP contribution in [0, 0.1) is 17.1 Å². The summed E-state index contributed by atoms with van der Waals surface area (Å²) in [7, 11) is -4.14. The van der Waals surface area contributed by atoms with Crippen LogP contribution in [0.15, 0.2) is 82.6 Å². The van der Waals surface area contributed by atoms with Crippen molar-refractivity contribution < 1.29 is 17.6 Å². The van der Waals surface area contributed by atoms with Gasteiger partial charge in [-0.3, -0.25) is 9.10 Å². The minimum Gasteiger partial charge on any atom is -0.325 e. The van der Waals surface area contributed by atoms with Gasteiger partial charge in [-0.05, 0) is 66.4 Å². The Morgan fingerprint density at radius 2 is 1.78 bits per heavy atom. The molecule has 0 aromatic heterocycles. The summed E-state index contributed by atoms with van der Waals surface area (Å²) in [5.41, 5.74) is 1.29. The molecule has 0 aliphatic rings. The van der Waals surface area contributed by atoms with Crippen molar-refractivity contribution in [1.29, 1.82) is 5.26 Å². The van der Waals surface area contributed by atoms with Crippen LogP contribution in [-0.4, -0.2) is 27.1 Å². The summed E-state index contributed by atoms with van der Waals surface area (Å²) in [6, 6.07) is 20.0. The van der Waals surface area contributed by atoms with Gasteiger partial charge in [-0.25, -0.2) is 12.8 Å². The van der Waals surface area contributed by atoms with Crippen molar-refractivity contribution in [2.75, 3.05) is 22.4 Å². The molecule has 0 atom stereocenters. The quantitative estimate of drug-likeness (QED) is 0.493. The molecule has 6 nitrogen and oxygen atoms in total. The molecule has 0 aliphatic carbocycles. The van der Waals surface area contributed by atoms with Crippen LogP contribution in [0.2, 0.25) is 0 Å². The number of carbonyl (C=O) groups excluding carboxylic acids is 1. The molecule has 9 heteroatoms. The molecule has 0 saturated carbocycles. The lowest BCUT2D eigenvalue weighted by molar-refractivity contribution is -0.114. The Bertz CT molecular complexity index is 1240. The second-order valence-electron chi connectivity index (χ2n) is 6.75. The number of nitrogens with one attached hydrogen (secondary N) is 1. The van der Waals surface area contributed by atoms with Crippen LogP contribution in [0.3, 0.4) is 0 Å². The monoisotopic (exact) mass is 469 g/mol. The van der Waals surface area contributed by atoms with Gasteiger partial charge in [-0.15, -0.1) is 11.8 Å². The molecule has 0 heterocycles. The number of hydrogen-bond donors (Lipinski definition) is 1. The van der Waals surface area contributed by atoms with Crippen molar-refractivity contribution in [3.63, 3.8) is 0 Å². The van der Waals surface area contributed by atoms with Crippen LogP contribution in [0.4, 0.5) is 15.8 Å². The zero-order valence-electron chi connectivity index (χ0n) is 17.2. The van der Waals surface area contributed by atoms with Crippen molar-refractivity contribution >= 4 is 39.1 Å². The van der Waals surface area contributed by atoms with E-state index in [0.29, 0.717) is 5.69 Å². The molecule has 3 aromatic carbocycles. The number of anilines is 2. The third-order valence-corrected chi connectivity index (χ3v) is 7.08. The van der Waals surface area contributed by atoms with Crippen LogP contribution < -0.4 is 9.62 Å². The molecular formula is C23H20FN3O3S2. The lowest BCUT2D eigenvalue weighted by Gasteiger charge is -2.24. The second-order valence-corrected chi connectivity index (χ2v) is 9.49. The van der Waals surface area contributed by atoms with Crippen LogP contribution in [-0.2, 0) is 21.2 Å². The van der Waals surface area contributed by atoms with Crippen molar-refractivity contribution in [1.82, 2.24) is 0 Å². The van der Waals surface area contributed by atoms with Crippen molar-refractivity contribution in [2.45, 2.75) is 16.2 Å². The lowest BCUT2D eigenvalue weighted by Crippen LogP contribution is -2.38. The highest BCUT2D eigenvalue weighted by Gasteiger charge is 2.27. The molecule has 0 saturated heterocycles. The first-order chi connectivity index (χ1) is 15.3. The van der Waals surface area contributed by atoms with Crippen molar-refractivity contribution in [3.8, 4) is 6.07 Å². The average molecular weight is 470 g/mol. The zero-order chi connectivity index (χ0) is 23.1. The Hall–Kier alpha value is -3.35. The van der Waals surface area contributed by atoms with E-state index in [1.165, 1.54) is 42.1 Å². The average Bonchev–Trinajstić information content (AvgIpc) is 2.79. The first kappa shape index (κ1) is 23.3. The fourth-order valence-electron chi connectivity index (χ4n) is 2.95. The van der Waals surface area contributed by atoms with E-state index in [2.05, 4.69) is 5.32 Å². The number of thioether (sulfide) groups is 1. The van der Waals surface area contributed by atoms with Gasteiger partial charge in [0.05, 0.1) is 23.1 Å². The van der Waals surface area contributed by atoms with E-state index < -0.39 is 28.3 Å². The molecule has 1 N–H and O–H groups in total. The van der Waals surface area contributed by atoms with Gasteiger partial charge in [0.25, 0.3) is 10.0 Å². The molecule has 164 valence electrons. The van der Waals surface area contributed by atoms with Crippen LogP contribution in [0.25, 0.3) is 0 Å². The van der Waals surface area contributed by atoms with Gasteiger partial charge in [0.15, 0.2) is 0 Å². The van der Waals surface area contributed by atoms with E-state index in [9.17, 15) is 17.6 Å². The maximum absolute atomic E-state index is 13.9. The summed E-state index contributed by atoms with van der Waals surface area (Å²) < 4.78 is 41.4. The third kappa shape index (κ3) is 5.66. The number of hydrogen-bond acceptors (Lipinski definition) is 5. The number of rotatable bonds is 8. The Labute approximate surface area is 190 Å². The van der Waals surface area contributed by atoms with E-state index in [1.807, 2.05) is 12.3 Å². The Morgan fingerprint density at radius 3 is 2.38 bits per heavy atom. The summed E-state index contributed by atoms with van der Waals surface area (Å²) in [6.45, 7) is -0.546. The highest BCUT2D eigenvalue weighted by molar-refractivity contribution is 7.98. The predicted octanol–water partition coefficient (Wildman–Crippen LogP) is 4.45. The maximum atomic E-state index is 13.9. The van der Waals surface area contributed by atoms with Gasteiger partial charge in [-0.2, -0.15) is 5.26 Å². The summed E-state index contributed by atoms with van der Waals surface area (Å²) >= 11 is 1.47. The fourth-order valence-corrected chi connectivity index (χ4v) is 4.77. The number of amides is 1. The highest BCUT2D eigenvalue weighted by atomic mass is 32.2. The minimum absolute atomic E-state index is 0.00628. The Kier molecular flexibility index (Phi) is 7.51. The summed E-state index contributed by atoms with van der Waals surface area (Å²) in [5, 5.41) is 11.4. The number of nitrogens with zero attached hydrogens (tertiary/aromatic N) is 2. The van der Waals surface area contributed by atoms with E-state index in [0.717, 1.165) is 20.8 Å². The van der Waals surface area contributed by atoms with Gasteiger partial charge < -0.3 is 5.32 Å². The molecule has 3 aromatic rings. The van der Waals surface area contributed by atoms with E-state index in [1.54, 1.807) is 36.4 Å². The maximum Gasteiger partial charge on any atom is 0.264 e. The first-order valence-corrected chi connectivity index (χ1v) is 12.2. The Morgan fingerprint density at radius 1 is 1.09 bits per heavy atom.